The number of hydrogen-bond acceptors (Lipinski definition) is 3. The van der Waals surface area contributed by atoms with Gasteiger partial charge in [0.15, 0.2) is 0 Å². The fourth-order valence-corrected chi connectivity index (χ4v) is 3.59. The van der Waals surface area contributed by atoms with Gasteiger partial charge < -0.3 is 10.6 Å². The summed E-state index contributed by atoms with van der Waals surface area (Å²) < 4.78 is 1.06. The quantitative estimate of drug-likeness (QED) is 0.902. The molecule has 2 heterocycles. The first-order chi connectivity index (χ1) is 9.63. The van der Waals surface area contributed by atoms with Crippen LogP contribution >= 0.6 is 27.3 Å². The van der Waals surface area contributed by atoms with Gasteiger partial charge in [-0.1, -0.05) is 28.1 Å². The van der Waals surface area contributed by atoms with E-state index in [-0.39, 0.29) is 11.9 Å². The molecule has 2 N–H and O–H groups in total. The minimum Gasteiger partial charge on any atom is -0.336 e. The largest absolute Gasteiger partial charge is 0.336 e. The minimum absolute atomic E-state index is 0.103. The van der Waals surface area contributed by atoms with E-state index in [4.69, 9.17) is 5.73 Å². The Morgan fingerprint density at radius 2 is 2.00 bits per heavy atom. The highest BCUT2D eigenvalue weighted by atomic mass is 79.9. The number of rotatable bonds is 2. The standard InChI is InChI=1S/C15H15BrN2OS/c16-11-3-1-10(2-4-11)13-5-6-14(20-13)15(19)18-8-7-12(17)9-18/h1-6,12H,7-9,17H2/t12-/m1/s1. The lowest BCUT2D eigenvalue weighted by Crippen LogP contribution is -2.31. The van der Waals surface area contributed by atoms with Crippen molar-refractivity contribution < 1.29 is 4.79 Å². The second-order valence-electron chi connectivity index (χ2n) is 4.97. The molecule has 3 rings (SSSR count). The van der Waals surface area contributed by atoms with Crippen molar-refractivity contribution in [3.63, 3.8) is 0 Å². The molecule has 1 aromatic carbocycles. The average Bonchev–Trinajstić information content (AvgIpc) is 3.08. The zero-order valence-electron chi connectivity index (χ0n) is 10.9. The predicted molar refractivity (Wildman–Crippen MR) is 86.0 cm³/mol. The molecule has 1 saturated heterocycles. The third kappa shape index (κ3) is 2.80. The summed E-state index contributed by atoms with van der Waals surface area (Å²) in [5.74, 6) is 0.103. The molecule has 0 saturated carbocycles. The van der Waals surface area contributed by atoms with Crippen molar-refractivity contribution in [1.29, 1.82) is 0 Å². The normalized spacial score (nSPS) is 18.5. The topological polar surface area (TPSA) is 46.3 Å². The summed E-state index contributed by atoms with van der Waals surface area (Å²) in [7, 11) is 0. The first-order valence-electron chi connectivity index (χ1n) is 6.54. The summed E-state index contributed by atoms with van der Waals surface area (Å²) in [5.41, 5.74) is 6.99. The van der Waals surface area contributed by atoms with Crippen molar-refractivity contribution in [1.82, 2.24) is 4.90 Å². The molecule has 2 aromatic rings. The Bertz CT molecular complexity index is 623. The zero-order chi connectivity index (χ0) is 14.1. The third-order valence-corrected chi connectivity index (χ3v) is 5.11. The van der Waals surface area contributed by atoms with E-state index in [1.54, 1.807) is 11.3 Å². The van der Waals surface area contributed by atoms with Crippen LogP contribution < -0.4 is 5.73 Å². The highest BCUT2D eigenvalue weighted by Crippen LogP contribution is 2.30. The molecule has 0 bridgehead atoms. The molecule has 0 radical (unpaired) electrons. The Hall–Kier alpha value is -1.17. The van der Waals surface area contributed by atoms with Crippen LogP contribution in [0, 0.1) is 0 Å². The van der Waals surface area contributed by atoms with Gasteiger partial charge in [0.1, 0.15) is 0 Å². The fraction of sp³-hybridized carbons (Fsp3) is 0.267. The van der Waals surface area contributed by atoms with Gasteiger partial charge >= 0.3 is 0 Å². The maximum Gasteiger partial charge on any atom is 0.263 e. The Labute approximate surface area is 130 Å². The Morgan fingerprint density at radius 1 is 1.25 bits per heavy atom. The molecule has 5 heteroatoms. The number of nitrogens with two attached hydrogens (primary N) is 1. The van der Waals surface area contributed by atoms with Crippen LogP contribution in [0.1, 0.15) is 16.1 Å². The van der Waals surface area contributed by atoms with E-state index in [1.165, 1.54) is 0 Å². The summed E-state index contributed by atoms with van der Waals surface area (Å²) in [6.07, 6.45) is 0.899. The van der Waals surface area contributed by atoms with E-state index < -0.39 is 0 Å². The molecule has 0 aliphatic carbocycles. The molecule has 1 aromatic heterocycles. The first-order valence-corrected chi connectivity index (χ1v) is 8.15. The van der Waals surface area contributed by atoms with Gasteiger partial charge in [0, 0.05) is 28.5 Å². The lowest BCUT2D eigenvalue weighted by molar-refractivity contribution is 0.0795. The lowest BCUT2D eigenvalue weighted by Gasteiger charge is -2.14. The number of carbonyl (C=O) groups is 1. The van der Waals surface area contributed by atoms with Crippen molar-refractivity contribution in [2.24, 2.45) is 5.73 Å². The number of carbonyl (C=O) groups excluding carboxylic acids is 1. The number of amides is 1. The maximum atomic E-state index is 12.4. The number of hydrogen-bond donors (Lipinski definition) is 1. The van der Waals surface area contributed by atoms with Gasteiger partial charge in [-0.3, -0.25) is 4.79 Å². The van der Waals surface area contributed by atoms with Crippen LogP contribution in [0.15, 0.2) is 40.9 Å². The molecule has 1 amide bonds. The van der Waals surface area contributed by atoms with Crippen LogP contribution in [0.25, 0.3) is 10.4 Å². The lowest BCUT2D eigenvalue weighted by atomic mass is 10.2. The van der Waals surface area contributed by atoms with E-state index in [2.05, 4.69) is 28.1 Å². The molecule has 20 heavy (non-hydrogen) atoms. The monoisotopic (exact) mass is 350 g/mol. The SMILES string of the molecule is N[C@@H]1CCN(C(=O)c2ccc(-c3ccc(Br)cc3)s2)C1. The summed E-state index contributed by atoms with van der Waals surface area (Å²) in [4.78, 5) is 16.1. The molecular weight excluding hydrogens is 336 g/mol. The van der Waals surface area contributed by atoms with Crippen molar-refractivity contribution in [3.05, 3.63) is 45.7 Å². The van der Waals surface area contributed by atoms with Gasteiger partial charge in [-0.15, -0.1) is 11.3 Å². The fourth-order valence-electron chi connectivity index (χ4n) is 2.35. The van der Waals surface area contributed by atoms with Gasteiger partial charge in [0.25, 0.3) is 5.91 Å². The molecular formula is C15H15BrN2OS. The van der Waals surface area contributed by atoms with Gasteiger partial charge in [-0.2, -0.15) is 0 Å². The Balaban J connectivity index is 1.79. The molecule has 0 spiro atoms. The number of thiophene rings is 1. The van der Waals surface area contributed by atoms with Crippen LogP contribution in [0.3, 0.4) is 0 Å². The van der Waals surface area contributed by atoms with Crippen molar-refractivity contribution in [3.8, 4) is 10.4 Å². The molecule has 3 nitrogen and oxygen atoms in total. The van der Waals surface area contributed by atoms with Gasteiger partial charge in [0.2, 0.25) is 0 Å². The summed E-state index contributed by atoms with van der Waals surface area (Å²) in [5, 5.41) is 0. The second kappa shape index (κ2) is 5.68. The molecule has 104 valence electrons. The van der Waals surface area contributed by atoms with Crippen LogP contribution in [0.4, 0.5) is 0 Å². The first kappa shape index (κ1) is 13.8. The van der Waals surface area contributed by atoms with E-state index in [1.807, 2.05) is 29.2 Å². The number of halogens is 1. The second-order valence-corrected chi connectivity index (χ2v) is 6.97. The molecule has 1 fully saturated rings. The Morgan fingerprint density at radius 3 is 2.65 bits per heavy atom. The zero-order valence-corrected chi connectivity index (χ0v) is 13.3. The molecule has 1 atom stereocenters. The number of benzene rings is 1. The molecule has 0 unspecified atom stereocenters. The molecule has 1 aliphatic rings. The summed E-state index contributed by atoms with van der Waals surface area (Å²) >= 11 is 4.97. The maximum absolute atomic E-state index is 12.4. The van der Waals surface area contributed by atoms with Crippen LogP contribution in [-0.4, -0.2) is 29.9 Å². The van der Waals surface area contributed by atoms with Gasteiger partial charge in [-0.05, 0) is 36.2 Å². The number of likely N-dealkylation sites (tertiary alicyclic amines) is 1. The van der Waals surface area contributed by atoms with Crippen LogP contribution in [-0.2, 0) is 0 Å². The van der Waals surface area contributed by atoms with Gasteiger partial charge in [0.05, 0.1) is 4.88 Å². The third-order valence-electron chi connectivity index (χ3n) is 3.46. The highest BCUT2D eigenvalue weighted by molar-refractivity contribution is 9.10. The van der Waals surface area contributed by atoms with Crippen LogP contribution in [0.5, 0.6) is 0 Å². The highest BCUT2D eigenvalue weighted by Gasteiger charge is 2.25. The van der Waals surface area contributed by atoms with E-state index in [0.29, 0.717) is 6.54 Å². The Kier molecular flexibility index (Phi) is 3.92. The van der Waals surface area contributed by atoms with E-state index in [0.717, 1.165) is 32.8 Å². The van der Waals surface area contributed by atoms with E-state index in [9.17, 15) is 4.79 Å². The van der Waals surface area contributed by atoms with Crippen molar-refractivity contribution >= 4 is 33.2 Å². The summed E-state index contributed by atoms with van der Waals surface area (Å²) in [6.45, 7) is 1.44. The van der Waals surface area contributed by atoms with Crippen molar-refractivity contribution in [2.75, 3.05) is 13.1 Å². The summed E-state index contributed by atoms with van der Waals surface area (Å²) in [6, 6.07) is 12.2. The molecule has 1 aliphatic heterocycles. The van der Waals surface area contributed by atoms with Crippen molar-refractivity contribution in [2.45, 2.75) is 12.5 Å². The minimum atomic E-state index is 0.103. The van der Waals surface area contributed by atoms with E-state index >= 15 is 0 Å². The van der Waals surface area contributed by atoms with Crippen LogP contribution in [0.2, 0.25) is 0 Å². The van der Waals surface area contributed by atoms with Gasteiger partial charge in [-0.25, -0.2) is 0 Å². The predicted octanol–water partition coefficient (Wildman–Crippen LogP) is 3.35. The average molecular weight is 351 g/mol. The number of nitrogens with zero attached hydrogens (tertiary/aromatic N) is 1. The smallest absolute Gasteiger partial charge is 0.263 e.